The molecule has 0 radical (unpaired) electrons. The standard InChI is InChI=1S/C21H22N2O9/c1-20(31)6-4-3-5-7(24)8(6)14(25)9-11(20)16(27)12-13(23-2)15(26)10(19(22)30)18(29)21(12,32)17(9)28/h3-5,11-13,16,23-25,27,29,31-32H,1-2H3,(H2,22,30)/t11-,12-,13+,16?,20-,21+/m1/s1. The Labute approximate surface area is 181 Å². The predicted molar refractivity (Wildman–Crippen MR) is 107 cm³/mol. The fourth-order valence-corrected chi connectivity index (χ4v) is 5.38. The maximum atomic E-state index is 13.6. The number of carbonyl (C=O) groups excluding carboxylic acids is 3. The molecule has 0 spiro atoms. The number of ketones is 2. The van der Waals surface area contributed by atoms with Crippen LogP contribution in [0.25, 0.3) is 5.76 Å². The maximum Gasteiger partial charge on any atom is 0.255 e. The highest BCUT2D eigenvalue weighted by Gasteiger charge is 2.69. The van der Waals surface area contributed by atoms with E-state index in [1.165, 1.54) is 32.2 Å². The topological polar surface area (TPSA) is 211 Å². The van der Waals surface area contributed by atoms with E-state index in [9.17, 15) is 45.0 Å². The summed E-state index contributed by atoms with van der Waals surface area (Å²) in [4.78, 5) is 38.2. The van der Waals surface area contributed by atoms with Crippen LogP contribution >= 0.6 is 0 Å². The molecule has 11 heteroatoms. The molecule has 11 nitrogen and oxygen atoms in total. The Morgan fingerprint density at radius 2 is 1.78 bits per heavy atom. The van der Waals surface area contributed by atoms with E-state index in [1.807, 2.05) is 0 Å². The minimum absolute atomic E-state index is 0.00164. The van der Waals surface area contributed by atoms with E-state index in [-0.39, 0.29) is 11.1 Å². The maximum absolute atomic E-state index is 13.6. The van der Waals surface area contributed by atoms with Gasteiger partial charge in [-0.15, -0.1) is 0 Å². The zero-order valence-electron chi connectivity index (χ0n) is 17.0. The van der Waals surface area contributed by atoms with Gasteiger partial charge < -0.3 is 41.7 Å². The molecule has 1 aromatic carbocycles. The Morgan fingerprint density at radius 1 is 1.16 bits per heavy atom. The molecule has 0 aromatic heterocycles. The molecule has 0 bridgehead atoms. The van der Waals surface area contributed by atoms with Gasteiger partial charge in [-0.05, 0) is 25.6 Å². The van der Waals surface area contributed by atoms with Crippen molar-refractivity contribution >= 4 is 23.2 Å². The van der Waals surface area contributed by atoms with Crippen molar-refractivity contribution in [3.63, 3.8) is 0 Å². The van der Waals surface area contributed by atoms with Gasteiger partial charge in [0.25, 0.3) is 5.91 Å². The highest BCUT2D eigenvalue weighted by atomic mass is 16.4. The number of likely N-dealkylation sites (N-methyl/N-ethyl adjacent to an activating group) is 1. The molecule has 4 rings (SSSR count). The van der Waals surface area contributed by atoms with Gasteiger partial charge >= 0.3 is 0 Å². The van der Waals surface area contributed by atoms with Crippen molar-refractivity contribution in [1.29, 1.82) is 0 Å². The summed E-state index contributed by atoms with van der Waals surface area (Å²) in [5.41, 5.74) is -1.86. The second-order valence-electron chi connectivity index (χ2n) is 8.42. The minimum Gasteiger partial charge on any atom is -0.508 e. The molecule has 0 heterocycles. The van der Waals surface area contributed by atoms with Gasteiger partial charge in [-0.1, -0.05) is 12.1 Å². The van der Waals surface area contributed by atoms with Gasteiger partial charge in [0.15, 0.2) is 11.4 Å². The van der Waals surface area contributed by atoms with Crippen LogP contribution in [-0.2, 0) is 20.0 Å². The number of phenols is 1. The number of rotatable bonds is 2. The lowest BCUT2D eigenvalue weighted by Gasteiger charge is -2.54. The molecule has 0 saturated heterocycles. The van der Waals surface area contributed by atoms with E-state index < -0.39 is 81.1 Å². The third-order valence-corrected chi connectivity index (χ3v) is 6.82. The summed E-state index contributed by atoms with van der Waals surface area (Å²) in [6, 6.07) is 2.43. The first kappa shape index (κ1) is 22.0. The number of benzene rings is 1. The quantitative estimate of drug-likeness (QED) is 0.240. The van der Waals surface area contributed by atoms with E-state index in [1.54, 1.807) is 0 Å². The van der Waals surface area contributed by atoms with E-state index >= 15 is 0 Å². The summed E-state index contributed by atoms with van der Waals surface area (Å²) in [6.07, 6.45) is -1.88. The molecule has 6 atom stereocenters. The molecule has 9 N–H and O–H groups in total. The fourth-order valence-electron chi connectivity index (χ4n) is 5.38. The van der Waals surface area contributed by atoms with E-state index in [4.69, 9.17) is 5.73 Å². The average molecular weight is 446 g/mol. The zero-order valence-corrected chi connectivity index (χ0v) is 17.0. The molecular weight excluding hydrogens is 424 g/mol. The number of carbonyl (C=O) groups is 3. The predicted octanol–water partition coefficient (Wildman–Crippen LogP) is -1.74. The number of hydrogen-bond donors (Lipinski definition) is 8. The van der Waals surface area contributed by atoms with E-state index in [2.05, 4.69) is 5.32 Å². The molecule has 1 fully saturated rings. The third kappa shape index (κ3) is 2.36. The Kier molecular flexibility index (Phi) is 4.55. The van der Waals surface area contributed by atoms with Gasteiger partial charge in [-0.2, -0.15) is 0 Å². The van der Waals surface area contributed by atoms with E-state index in [0.717, 1.165) is 0 Å². The van der Waals surface area contributed by atoms with Crippen molar-refractivity contribution in [2.24, 2.45) is 17.6 Å². The SMILES string of the molecule is CN[C@@H]1C(=O)C(C(N)=O)=C(O)[C@@]2(O)C(=O)C3=C(O)c4c(O)cccc4[C@@](C)(O)[C@H]3C(O)[C@@H]12. The summed E-state index contributed by atoms with van der Waals surface area (Å²) < 4.78 is 0. The number of phenolic OH excluding ortho intramolecular Hbond substituents is 1. The minimum atomic E-state index is -3.02. The number of fused-ring (bicyclic) bond motifs is 3. The molecule has 1 unspecified atom stereocenters. The molecule has 32 heavy (non-hydrogen) atoms. The van der Waals surface area contributed by atoms with Crippen molar-refractivity contribution in [1.82, 2.24) is 5.32 Å². The van der Waals surface area contributed by atoms with Crippen LogP contribution in [0.5, 0.6) is 5.75 Å². The van der Waals surface area contributed by atoms with Gasteiger partial charge in [-0.3, -0.25) is 14.4 Å². The molecular formula is C21H22N2O9. The number of amides is 1. The summed E-state index contributed by atoms with van der Waals surface area (Å²) in [6.45, 7) is 1.24. The molecule has 0 aliphatic heterocycles. The number of aliphatic hydroxyl groups excluding tert-OH is 3. The Bertz CT molecular complexity index is 1150. The van der Waals surface area contributed by atoms with Crippen molar-refractivity contribution in [3.8, 4) is 5.75 Å². The van der Waals surface area contributed by atoms with Crippen LogP contribution in [0.2, 0.25) is 0 Å². The van der Waals surface area contributed by atoms with Gasteiger partial charge in [0.05, 0.1) is 40.7 Å². The number of hydrogen-bond acceptors (Lipinski definition) is 10. The Hall–Kier alpha value is -3.25. The molecule has 1 aromatic rings. The largest absolute Gasteiger partial charge is 0.508 e. The van der Waals surface area contributed by atoms with Crippen molar-refractivity contribution < 1.29 is 45.0 Å². The number of nitrogens with one attached hydrogen (secondary N) is 1. The van der Waals surface area contributed by atoms with Crippen LogP contribution in [-0.4, -0.2) is 72.9 Å². The lowest BCUT2D eigenvalue weighted by molar-refractivity contribution is -0.176. The summed E-state index contributed by atoms with van der Waals surface area (Å²) in [5, 5.41) is 68.3. The summed E-state index contributed by atoms with van der Waals surface area (Å²) >= 11 is 0. The Morgan fingerprint density at radius 3 is 2.34 bits per heavy atom. The Balaban J connectivity index is 2.09. The second kappa shape index (κ2) is 6.62. The van der Waals surface area contributed by atoms with E-state index in [0.29, 0.717) is 0 Å². The summed E-state index contributed by atoms with van der Waals surface area (Å²) in [5.74, 6) is -9.76. The van der Waals surface area contributed by atoms with Gasteiger partial charge in [0, 0.05) is 0 Å². The van der Waals surface area contributed by atoms with Gasteiger partial charge in [0.2, 0.25) is 5.78 Å². The number of primary amides is 1. The number of aliphatic hydroxyl groups is 5. The molecule has 170 valence electrons. The fraction of sp³-hybridized carbons (Fsp3) is 0.381. The number of Topliss-reactive ketones (excluding diaryl/α,β-unsaturated/α-hetero) is 2. The van der Waals surface area contributed by atoms with Crippen LogP contribution in [0, 0.1) is 11.8 Å². The van der Waals surface area contributed by atoms with Crippen LogP contribution in [0.1, 0.15) is 18.1 Å². The average Bonchev–Trinajstić information content (AvgIpc) is 2.70. The van der Waals surface area contributed by atoms with Crippen molar-refractivity contribution in [2.45, 2.75) is 30.3 Å². The zero-order chi connectivity index (χ0) is 23.9. The van der Waals surface area contributed by atoms with Gasteiger partial charge in [0.1, 0.15) is 22.8 Å². The lowest BCUT2D eigenvalue weighted by atomic mass is 9.53. The molecule has 3 aliphatic carbocycles. The monoisotopic (exact) mass is 446 g/mol. The smallest absolute Gasteiger partial charge is 0.255 e. The van der Waals surface area contributed by atoms with Crippen LogP contribution in [0.15, 0.2) is 35.1 Å². The highest BCUT2D eigenvalue weighted by Crippen LogP contribution is 2.56. The van der Waals surface area contributed by atoms with Crippen molar-refractivity contribution in [2.75, 3.05) is 7.05 Å². The van der Waals surface area contributed by atoms with Crippen LogP contribution in [0.4, 0.5) is 0 Å². The molecule has 1 saturated carbocycles. The first-order chi connectivity index (χ1) is 14.8. The first-order valence-corrected chi connectivity index (χ1v) is 9.71. The number of nitrogens with two attached hydrogens (primary N) is 1. The molecule has 1 amide bonds. The van der Waals surface area contributed by atoms with Crippen LogP contribution in [0.3, 0.4) is 0 Å². The summed E-state index contributed by atoms with van der Waals surface area (Å²) in [7, 11) is 1.27. The highest BCUT2D eigenvalue weighted by molar-refractivity contribution is 6.24. The van der Waals surface area contributed by atoms with Crippen molar-refractivity contribution in [3.05, 3.63) is 46.2 Å². The normalized spacial score (nSPS) is 36.5. The molecule has 3 aliphatic rings. The first-order valence-electron chi connectivity index (χ1n) is 9.71. The van der Waals surface area contributed by atoms with Gasteiger partial charge in [-0.25, -0.2) is 0 Å². The lowest BCUT2D eigenvalue weighted by Crippen LogP contribution is -2.71. The van der Waals surface area contributed by atoms with Crippen LogP contribution < -0.4 is 11.1 Å². The second-order valence-corrected chi connectivity index (χ2v) is 8.42. The number of aromatic hydroxyl groups is 1. The third-order valence-electron chi connectivity index (χ3n) is 6.82.